The summed E-state index contributed by atoms with van der Waals surface area (Å²) >= 11 is 0. The molecule has 1 aliphatic rings. The average molecular weight is 267 g/mol. The Morgan fingerprint density at radius 2 is 1.79 bits per heavy atom. The average Bonchev–Trinajstić information content (AvgIpc) is 2.40. The number of benzene rings is 1. The molecule has 3 unspecified atom stereocenters. The molecule has 0 amide bonds. The Bertz CT molecular complexity index is 388. The standard InChI is InChI=1S/C16H23F2N/c1-11-3-8-15(9-12(11)2)19-10-13-4-6-14(7-5-13)16(17)18/h4-7,11-12,15-16,19H,3,8-10H2,1-2H3. The predicted molar refractivity (Wildman–Crippen MR) is 74.2 cm³/mol. The summed E-state index contributed by atoms with van der Waals surface area (Å²) in [5.74, 6) is 1.59. The van der Waals surface area contributed by atoms with Gasteiger partial charge in [-0.25, -0.2) is 8.78 Å². The van der Waals surface area contributed by atoms with E-state index in [1.807, 2.05) is 0 Å². The summed E-state index contributed by atoms with van der Waals surface area (Å²) in [6, 6.07) is 7.20. The van der Waals surface area contributed by atoms with E-state index in [2.05, 4.69) is 19.2 Å². The van der Waals surface area contributed by atoms with Crippen molar-refractivity contribution in [2.75, 3.05) is 0 Å². The molecule has 1 nitrogen and oxygen atoms in total. The second-order valence-corrected chi connectivity index (χ2v) is 5.89. The van der Waals surface area contributed by atoms with Crippen LogP contribution in [0.5, 0.6) is 0 Å². The van der Waals surface area contributed by atoms with Crippen LogP contribution in [-0.4, -0.2) is 6.04 Å². The van der Waals surface area contributed by atoms with Gasteiger partial charge in [-0.3, -0.25) is 0 Å². The minimum Gasteiger partial charge on any atom is -0.310 e. The molecular weight excluding hydrogens is 244 g/mol. The van der Waals surface area contributed by atoms with Crippen LogP contribution < -0.4 is 5.32 Å². The van der Waals surface area contributed by atoms with E-state index in [4.69, 9.17) is 0 Å². The lowest BCUT2D eigenvalue weighted by atomic mass is 9.79. The van der Waals surface area contributed by atoms with Crippen molar-refractivity contribution >= 4 is 0 Å². The Hall–Kier alpha value is -0.960. The van der Waals surface area contributed by atoms with Gasteiger partial charge in [-0.2, -0.15) is 0 Å². The lowest BCUT2D eigenvalue weighted by molar-refractivity contribution is 0.151. The topological polar surface area (TPSA) is 12.0 Å². The Morgan fingerprint density at radius 3 is 2.37 bits per heavy atom. The van der Waals surface area contributed by atoms with Crippen molar-refractivity contribution in [3.05, 3.63) is 35.4 Å². The minimum absolute atomic E-state index is 0.101. The van der Waals surface area contributed by atoms with Crippen molar-refractivity contribution in [3.63, 3.8) is 0 Å². The van der Waals surface area contributed by atoms with Crippen LogP contribution in [-0.2, 0) is 6.54 Å². The third-order valence-electron chi connectivity index (χ3n) is 4.42. The van der Waals surface area contributed by atoms with E-state index in [9.17, 15) is 8.78 Å². The maximum absolute atomic E-state index is 12.4. The summed E-state index contributed by atoms with van der Waals surface area (Å²) in [7, 11) is 0. The van der Waals surface area contributed by atoms with Crippen molar-refractivity contribution in [2.24, 2.45) is 11.8 Å². The molecule has 1 fully saturated rings. The van der Waals surface area contributed by atoms with Gasteiger partial charge < -0.3 is 5.32 Å². The van der Waals surface area contributed by atoms with Crippen molar-refractivity contribution < 1.29 is 8.78 Å². The van der Waals surface area contributed by atoms with Crippen molar-refractivity contribution in [1.29, 1.82) is 0 Å². The molecule has 0 radical (unpaired) electrons. The number of alkyl halides is 2. The molecule has 19 heavy (non-hydrogen) atoms. The number of hydrogen-bond acceptors (Lipinski definition) is 1. The first kappa shape index (κ1) is 14.4. The molecule has 1 aromatic carbocycles. The molecule has 1 saturated carbocycles. The first-order valence-corrected chi connectivity index (χ1v) is 7.16. The maximum atomic E-state index is 12.4. The molecule has 0 saturated heterocycles. The molecule has 0 heterocycles. The molecule has 106 valence electrons. The zero-order chi connectivity index (χ0) is 13.8. The summed E-state index contributed by atoms with van der Waals surface area (Å²) in [5.41, 5.74) is 1.18. The van der Waals surface area contributed by atoms with Gasteiger partial charge in [0.2, 0.25) is 0 Å². The molecule has 0 aromatic heterocycles. The smallest absolute Gasteiger partial charge is 0.263 e. The normalized spacial score (nSPS) is 27.7. The summed E-state index contributed by atoms with van der Waals surface area (Å²) in [6.07, 6.45) is 1.35. The molecule has 0 bridgehead atoms. The molecule has 1 N–H and O–H groups in total. The fraction of sp³-hybridized carbons (Fsp3) is 0.625. The van der Waals surface area contributed by atoms with E-state index in [-0.39, 0.29) is 5.56 Å². The quantitative estimate of drug-likeness (QED) is 0.844. The molecule has 1 aromatic rings. The van der Waals surface area contributed by atoms with Gasteiger partial charge in [0.05, 0.1) is 0 Å². The number of nitrogens with one attached hydrogen (secondary N) is 1. The van der Waals surface area contributed by atoms with Crippen LogP contribution in [0.1, 0.15) is 50.7 Å². The largest absolute Gasteiger partial charge is 0.310 e. The van der Waals surface area contributed by atoms with E-state index in [1.165, 1.54) is 31.4 Å². The van der Waals surface area contributed by atoms with E-state index in [0.29, 0.717) is 6.04 Å². The second kappa shape index (κ2) is 6.47. The second-order valence-electron chi connectivity index (χ2n) is 5.89. The Morgan fingerprint density at radius 1 is 1.11 bits per heavy atom. The SMILES string of the molecule is CC1CCC(NCc2ccc(C(F)F)cc2)CC1C. The molecule has 3 atom stereocenters. The first-order chi connectivity index (χ1) is 9.06. The minimum atomic E-state index is -2.37. The van der Waals surface area contributed by atoms with E-state index >= 15 is 0 Å². The molecule has 2 rings (SSSR count). The van der Waals surface area contributed by atoms with Crippen molar-refractivity contribution in [1.82, 2.24) is 5.32 Å². The van der Waals surface area contributed by atoms with Gasteiger partial charge in [-0.1, -0.05) is 38.1 Å². The molecule has 1 aliphatic carbocycles. The van der Waals surface area contributed by atoms with Crippen LogP contribution in [0.3, 0.4) is 0 Å². The first-order valence-electron chi connectivity index (χ1n) is 7.16. The van der Waals surface area contributed by atoms with Crippen molar-refractivity contribution in [2.45, 2.75) is 52.1 Å². The highest BCUT2D eigenvalue weighted by atomic mass is 19.3. The lowest BCUT2D eigenvalue weighted by Crippen LogP contribution is -2.35. The summed E-state index contributed by atoms with van der Waals surface area (Å²) in [5, 5.41) is 3.55. The third-order valence-corrected chi connectivity index (χ3v) is 4.42. The van der Waals surface area contributed by atoms with Gasteiger partial charge in [0.25, 0.3) is 6.43 Å². The summed E-state index contributed by atoms with van der Waals surface area (Å²) < 4.78 is 24.9. The van der Waals surface area contributed by atoms with Gasteiger partial charge in [0, 0.05) is 18.2 Å². The fourth-order valence-corrected chi connectivity index (χ4v) is 2.78. The Balaban J connectivity index is 1.82. The molecule has 0 aliphatic heterocycles. The van der Waals surface area contributed by atoms with Crippen molar-refractivity contribution in [3.8, 4) is 0 Å². The third kappa shape index (κ3) is 4.00. The highest BCUT2D eigenvalue weighted by Gasteiger charge is 2.23. The van der Waals surface area contributed by atoms with Gasteiger partial charge in [-0.05, 0) is 36.7 Å². The highest BCUT2D eigenvalue weighted by molar-refractivity contribution is 5.23. The number of hydrogen-bond donors (Lipinski definition) is 1. The van der Waals surface area contributed by atoms with E-state index in [1.54, 1.807) is 12.1 Å². The number of rotatable bonds is 4. The van der Waals surface area contributed by atoms with Crippen LogP contribution in [0.4, 0.5) is 8.78 Å². The van der Waals surface area contributed by atoms with E-state index in [0.717, 1.165) is 23.9 Å². The van der Waals surface area contributed by atoms with Crippen LogP contribution in [0.15, 0.2) is 24.3 Å². The zero-order valence-corrected chi connectivity index (χ0v) is 11.7. The zero-order valence-electron chi connectivity index (χ0n) is 11.7. The van der Waals surface area contributed by atoms with Crippen LogP contribution in [0.2, 0.25) is 0 Å². The Kier molecular flexibility index (Phi) is 4.92. The highest BCUT2D eigenvalue weighted by Crippen LogP contribution is 2.29. The van der Waals surface area contributed by atoms with E-state index < -0.39 is 6.43 Å². The van der Waals surface area contributed by atoms with Crippen LogP contribution in [0, 0.1) is 11.8 Å². The predicted octanol–water partition coefficient (Wildman–Crippen LogP) is 4.54. The van der Waals surface area contributed by atoms with Gasteiger partial charge in [0.1, 0.15) is 0 Å². The monoisotopic (exact) mass is 267 g/mol. The molecule has 3 heteroatoms. The van der Waals surface area contributed by atoms with Gasteiger partial charge in [-0.15, -0.1) is 0 Å². The maximum Gasteiger partial charge on any atom is 0.263 e. The summed E-state index contributed by atoms with van der Waals surface area (Å²) in [6.45, 7) is 5.41. The molecular formula is C16H23F2N. The van der Waals surface area contributed by atoms with Crippen LogP contribution in [0.25, 0.3) is 0 Å². The summed E-state index contributed by atoms with van der Waals surface area (Å²) in [4.78, 5) is 0. The molecule has 0 spiro atoms. The van der Waals surface area contributed by atoms with Crippen LogP contribution >= 0.6 is 0 Å². The lowest BCUT2D eigenvalue weighted by Gasteiger charge is -2.32. The fourth-order valence-electron chi connectivity index (χ4n) is 2.78. The Labute approximate surface area is 114 Å². The van der Waals surface area contributed by atoms with Gasteiger partial charge >= 0.3 is 0 Å². The number of halogens is 2. The van der Waals surface area contributed by atoms with Gasteiger partial charge in [0.15, 0.2) is 0 Å².